The van der Waals surface area contributed by atoms with E-state index in [0.29, 0.717) is 21.5 Å². The second kappa shape index (κ2) is 8.99. The molecule has 0 radical (unpaired) electrons. The van der Waals surface area contributed by atoms with E-state index in [-0.39, 0.29) is 0 Å². The second-order valence-electron chi connectivity index (χ2n) is 4.51. The first kappa shape index (κ1) is 17.9. The molecule has 1 aromatic heterocycles. The van der Waals surface area contributed by atoms with Crippen molar-refractivity contribution in [1.29, 1.82) is 0 Å². The van der Waals surface area contributed by atoms with Gasteiger partial charge in [0, 0.05) is 6.54 Å². The summed E-state index contributed by atoms with van der Waals surface area (Å²) in [5.41, 5.74) is 3.47. The summed E-state index contributed by atoms with van der Waals surface area (Å²) in [6.45, 7) is 2.66. The summed E-state index contributed by atoms with van der Waals surface area (Å²) >= 11 is 6.33. The predicted octanol–water partition coefficient (Wildman–Crippen LogP) is 2.79. The Kier molecular flexibility index (Phi) is 6.71. The van der Waals surface area contributed by atoms with Gasteiger partial charge in [0.15, 0.2) is 16.6 Å². The van der Waals surface area contributed by atoms with Crippen LogP contribution in [0.25, 0.3) is 0 Å². The Hall–Kier alpha value is -2.45. The van der Waals surface area contributed by atoms with Gasteiger partial charge in [-0.05, 0) is 54.4 Å². The number of methoxy groups -OCH3 is 1. The molecule has 0 aliphatic carbocycles. The average molecular weight is 363 g/mol. The number of hydrogen-bond donors (Lipinski definition) is 2. The van der Waals surface area contributed by atoms with Crippen molar-refractivity contribution in [2.45, 2.75) is 6.92 Å². The van der Waals surface area contributed by atoms with Crippen LogP contribution in [0.15, 0.2) is 40.8 Å². The molecular formula is C16H17N3O3S2. The number of ether oxygens (including phenoxy) is 2. The minimum absolute atomic E-state index is 0.351. The van der Waals surface area contributed by atoms with Crippen molar-refractivity contribution < 1.29 is 14.3 Å². The summed E-state index contributed by atoms with van der Waals surface area (Å²) in [7, 11) is 1.51. The maximum Gasteiger partial charge on any atom is 0.353 e. The van der Waals surface area contributed by atoms with Crippen molar-refractivity contribution in [2.75, 3.05) is 13.7 Å². The van der Waals surface area contributed by atoms with E-state index >= 15 is 0 Å². The zero-order valence-corrected chi connectivity index (χ0v) is 14.9. The number of nitrogens with one attached hydrogen (secondary N) is 2. The SMILES string of the molecule is CCNC(=S)NN=Cc1ccc(OC(=O)c2cccs2)c(OC)c1. The van der Waals surface area contributed by atoms with Crippen molar-refractivity contribution >= 4 is 40.9 Å². The fourth-order valence-corrected chi connectivity index (χ4v) is 2.56. The number of carbonyl (C=O) groups excluding carboxylic acids is 1. The fourth-order valence-electron chi connectivity index (χ4n) is 1.76. The molecule has 2 aromatic rings. The van der Waals surface area contributed by atoms with E-state index in [1.807, 2.05) is 12.3 Å². The number of benzene rings is 1. The first-order chi connectivity index (χ1) is 11.6. The van der Waals surface area contributed by atoms with Crippen molar-refractivity contribution in [2.24, 2.45) is 5.10 Å². The predicted molar refractivity (Wildman–Crippen MR) is 99.3 cm³/mol. The summed E-state index contributed by atoms with van der Waals surface area (Å²) in [6.07, 6.45) is 1.59. The van der Waals surface area contributed by atoms with Crippen LogP contribution < -0.4 is 20.2 Å². The molecule has 0 atom stereocenters. The molecule has 0 fully saturated rings. The summed E-state index contributed by atoms with van der Waals surface area (Å²) in [4.78, 5) is 12.5. The highest BCUT2D eigenvalue weighted by Crippen LogP contribution is 2.28. The minimum Gasteiger partial charge on any atom is -0.493 e. The van der Waals surface area contributed by atoms with Crippen LogP contribution in [0.3, 0.4) is 0 Å². The number of nitrogens with zero attached hydrogens (tertiary/aromatic N) is 1. The van der Waals surface area contributed by atoms with E-state index in [9.17, 15) is 4.79 Å². The second-order valence-corrected chi connectivity index (χ2v) is 5.86. The Labute approximate surface area is 149 Å². The van der Waals surface area contributed by atoms with Crippen molar-refractivity contribution in [3.8, 4) is 11.5 Å². The molecule has 0 saturated carbocycles. The number of thiophene rings is 1. The van der Waals surface area contributed by atoms with Crippen molar-refractivity contribution in [3.63, 3.8) is 0 Å². The third-order valence-electron chi connectivity index (χ3n) is 2.83. The van der Waals surface area contributed by atoms with E-state index in [0.717, 1.165) is 12.1 Å². The van der Waals surface area contributed by atoms with E-state index in [1.54, 1.807) is 36.5 Å². The van der Waals surface area contributed by atoms with Crippen molar-refractivity contribution in [3.05, 3.63) is 46.2 Å². The zero-order valence-electron chi connectivity index (χ0n) is 13.2. The third kappa shape index (κ3) is 5.04. The number of carbonyl (C=O) groups is 1. The molecular weight excluding hydrogens is 346 g/mol. The maximum atomic E-state index is 12.0. The first-order valence-corrected chi connectivity index (χ1v) is 8.43. The Morgan fingerprint density at radius 2 is 2.21 bits per heavy atom. The summed E-state index contributed by atoms with van der Waals surface area (Å²) in [5, 5.41) is 9.21. The molecule has 0 unspecified atom stereocenters. The van der Waals surface area contributed by atoms with E-state index < -0.39 is 5.97 Å². The Balaban J connectivity index is 2.05. The number of hydrogen-bond acceptors (Lipinski definition) is 6. The van der Waals surface area contributed by atoms with Crippen LogP contribution in [0.2, 0.25) is 0 Å². The lowest BCUT2D eigenvalue weighted by Crippen LogP contribution is -2.31. The highest BCUT2D eigenvalue weighted by Gasteiger charge is 2.13. The molecule has 0 aliphatic rings. The lowest BCUT2D eigenvalue weighted by atomic mass is 10.2. The first-order valence-electron chi connectivity index (χ1n) is 7.14. The molecule has 2 rings (SSSR count). The van der Waals surface area contributed by atoms with Gasteiger partial charge >= 0.3 is 5.97 Å². The Morgan fingerprint density at radius 3 is 2.88 bits per heavy atom. The topological polar surface area (TPSA) is 72.0 Å². The Morgan fingerprint density at radius 1 is 1.38 bits per heavy atom. The summed E-state index contributed by atoms with van der Waals surface area (Å²) < 4.78 is 10.6. The van der Waals surface area contributed by atoms with E-state index in [1.165, 1.54) is 18.4 Å². The largest absolute Gasteiger partial charge is 0.493 e. The molecule has 0 bridgehead atoms. The van der Waals surface area contributed by atoms with E-state index in [2.05, 4.69) is 15.8 Å². The van der Waals surface area contributed by atoms with Crippen LogP contribution in [-0.2, 0) is 0 Å². The van der Waals surface area contributed by atoms with E-state index in [4.69, 9.17) is 21.7 Å². The van der Waals surface area contributed by atoms with Gasteiger partial charge in [-0.1, -0.05) is 6.07 Å². The smallest absolute Gasteiger partial charge is 0.353 e. The standard InChI is InChI=1S/C16H17N3O3S2/c1-3-17-16(23)19-18-10-11-6-7-12(13(9-11)21-2)22-15(20)14-5-4-8-24-14/h4-10H,3H2,1-2H3,(H2,17,19,23). The van der Waals surface area contributed by atoms with Gasteiger partial charge in [0.05, 0.1) is 13.3 Å². The lowest BCUT2D eigenvalue weighted by molar-refractivity contribution is 0.0735. The van der Waals surface area contributed by atoms with Crippen LogP contribution >= 0.6 is 23.6 Å². The number of hydrazone groups is 1. The fraction of sp³-hybridized carbons (Fsp3) is 0.188. The molecule has 8 heteroatoms. The van der Waals surface area contributed by atoms with Gasteiger partial charge in [0.25, 0.3) is 0 Å². The molecule has 0 saturated heterocycles. The zero-order chi connectivity index (χ0) is 17.4. The van der Waals surface area contributed by atoms with Crippen LogP contribution in [-0.4, -0.2) is 31.0 Å². The van der Waals surface area contributed by atoms with Crippen LogP contribution in [0, 0.1) is 0 Å². The van der Waals surface area contributed by atoms with Gasteiger partial charge in [-0.2, -0.15) is 5.10 Å². The van der Waals surface area contributed by atoms with Crippen LogP contribution in [0.4, 0.5) is 0 Å². The molecule has 2 N–H and O–H groups in total. The molecule has 0 aliphatic heterocycles. The number of rotatable bonds is 6. The molecule has 24 heavy (non-hydrogen) atoms. The number of thiocarbonyl (C=S) groups is 1. The maximum absolute atomic E-state index is 12.0. The average Bonchev–Trinajstić information content (AvgIpc) is 3.11. The van der Waals surface area contributed by atoms with Crippen LogP contribution in [0.1, 0.15) is 22.2 Å². The van der Waals surface area contributed by atoms with Gasteiger partial charge in [-0.15, -0.1) is 11.3 Å². The van der Waals surface area contributed by atoms with Crippen LogP contribution in [0.5, 0.6) is 11.5 Å². The van der Waals surface area contributed by atoms with Gasteiger partial charge < -0.3 is 14.8 Å². The minimum atomic E-state index is -0.414. The Bertz CT molecular complexity index is 730. The normalized spacial score (nSPS) is 10.4. The molecule has 126 valence electrons. The molecule has 1 heterocycles. The molecule has 0 amide bonds. The highest BCUT2D eigenvalue weighted by molar-refractivity contribution is 7.80. The monoisotopic (exact) mass is 363 g/mol. The number of esters is 1. The quantitative estimate of drug-likeness (QED) is 0.270. The van der Waals surface area contributed by atoms with Gasteiger partial charge in [-0.3, -0.25) is 5.43 Å². The van der Waals surface area contributed by atoms with Gasteiger partial charge in [0.2, 0.25) is 0 Å². The molecule has 0 spiro atoms. The van der Waals surface area contributed by atoms with Gasteiger partial charge in [0.1, 0.15) is 4.88 Å². The highest BCUT2D eigenvalue weighted by atomic mass is 32.1. The lowest BCUT2D eigenvalue weighted by Gasteiger charge is -2.09. The summed E-state index contributed by atoms with van der Waals surface area (Å²) in [6, 6.07) is 8.65. The molecule has 1 aromatic carbocycles. The molecule has 6 nitrogen and oxygen atoms in total. The van der Waals surface area contributed by atoms with Crippen molar-refractivity contribution in [1.82, 2.24) is 10.7 Å². The third-order valence-corrected chi connectivity index (χ3v) is 3.92. The van der Waals surface area contributed by atoms with Gasteiger partial charge in [-0.25, -0.2) is 4.79 Å². The summed E-state index contributed by atoms with van der Waals surface area (Å²) in [5.74, 6) is 0.379.